The summed E-state index contributed by atoms with van der Waals surface area (Å²) in [5.74, 6) is 0.151. The molecular formula is C37H66O6Si2. The van der Waals surface area contributed by atoms with Crippen LogP contribution in [0.2, 0.25) is 26.2 Å². The van der Waals surface area contributed by atoms with Crippen molar-refractivity contribution >= 4 is 30.0 Å². The molecule has 8 heteroatoms. The first kappa shape index (κ1) is 38.2. The maximum Gasteiger partial charge on any atom is 0.334 e. The van der Waals surface area contributed by atoms with E-state index < -0.39 is 35.2 Å². The minimum Gasteiger partial charge on any atom is -0.461 e. The Balaban J connectivity index is 2.04. The van der Waals surface area contributed by atoms with Gasteiger partial charge in [-0.1, -0.05) is 73.6 Å². The van der Waals surface area contributed by atoms with Crippen molar-refractivity contribution in [2.45, 2.75) is 158 Å². The average Bonchev–Trinajstić information content (AvgIpc) is 2.91. The Kier molecular flexibility index (Phi) is 12.3. The van der Waals surface area contributed by atoms with Crippen molar-refractivity contribution in [2.75, 3.05) is 0 Å². The van der Waals surface area contributed by atoms with Gasteiger partial charge in [0.2, 0.25) is 0 Å². The molecule has 0 amide bonds. The van der Waals surface area contributed by atoms with Crippen LogP contribution >= 0.6 is 0 Å². The number of carbonyl (C=O) groups is 2. The second-order valence-electron chi connectivity index (χ2n) is 17.4. The van der Waals surface area contributed by atoms with Crippen molar-refractivity contribution in [2.24, 2.45) is 39.9 Å². The van der Waals surface area contributed by atoms with E-state index in [1.54, 1.807) is 0 Å². The van der Waals surface area contributed by atoms with Gasteiger partial charge < -0.3 is 18.3 Å². The average molecular weight is 663 g/mol. The molecule has 0 saturated carbocycles. The summed E-state index contributed by atoms with van der Waals surface area (Å²) < 4.78 is 26.2. The van der Waals surface area contributed by atoms with Crippen LogP contribution in [0, 0.1) is 39.9 Å². The summed E-state index contributed by atoms with van der Waals surface area (Å²) >= 11 is 0. The lowest BCUT2D eigenvalue weighted by Crippen LogP contribution is -2.55. The molecular weight excluding hydrogens is 597 g/mol. The summed E-state index contributed by atoms with van der Waals surface area (Å²) in [6.07, 6.45) is 10.5. The summed E-state index contributed by atoms with van der Waals surface area (Å²) in [7, 11) is -2.97. The maximum absolute atomic E-state index is 13.8. The highest BCUT2D eigenvalue weighted by atomic mass is 28.3. The van der Waals surface area contributed by atoms with Crippen molar-refractivity contribution in [3.05, 3.63) is 23.8 Å². The number of esters is 2. The highest BCUT2D eigenvalue weighted by Crippen LogP contribution is 2.51. The Morgan fingerprint density at radius 3 is 2.04 bits per heavy atom. The highest BCUT2D eigenvalue weighted by Gasteiger charge is 2.53. The molecule has 0 aromatic carbocycles. The molecule has 3 rings (SSSR count). The Morgan fingerprint density at radius 2 is 1.53 bits per heavy atom. The van der Waals surface area contributed by atoms with Gasteiger partial charge in [0.25, 0.3) is 0 Å². The van der Waals surface area contributed by atoms with Crippen molar-refractivity contribution in [1.29, 1.82) is 0 Å². The molecule has 45 heavy (non-hydrogen) atoms. The number of rotatable bonds is 11. The highest BCUT2D eigenvalue weighted by molar-refractivity contribution is 6.48. The fourth-order valence-corrected chi connectivity index (χ4v) is 10.1. The van der Waals surface area contributed by atoms with Crippen LogP contribution in [0.3, 0.4) is 0 Å². The molecule has 0 aromatic rings. The molecule has 0 aromatic heterocycles. The Labute approximate surface area is 278 Å². The van der Waals surface area contributed by atoms with Crippen LogP contribution in [0.15, 0.2) is 23.8 Å². The topological polar surface area (TPSA) is 71.1 Å². The smallest absolute Gasteiger partial charge is 0.334 e. The van der Waals surface area contributed by atoms with Gasteiger partial charge in [-0.15, -0.1) is 0 Å². The van der Waals surface area contributed by atoms with E-state index in [1.807, 2.05) is 6.92 Å². The molecule has 8 atom stereocenters. The third-order valence-electron chi connectivity index (χ3n) is 11.1. The van der Waals surface area contributed by atoms with Crippen LogP contribution in [0.4, 0.5) is 0 Å². The molecule has 1 unspecified atom stereocenters. The number of cyclic esters (lactones) is 1. The van der Waals surface area contributed by atoms with Gasteiger partial charge >= 0.3 is 11.9 Å². The van der Waals surface area contributed by atoms with Crippen LogP contribution in [-0.2, 0) is 27.9 Å². The Morgan fingerprint density at radius 1 is 0.911 bits per heavy atom. The Bertz CT molecular complexity index is 1100. The predicted molar refractivity (Wildman–Crippen MR) is 189 cm³/mol. The zero-order valence-corrected chi connectivity index (χ0v) is 33.4. The molecule has 258 valence electrons. The van der Waals surface area contributed by atoms with Crippen LogP contribution < -0.4 is 0 Å². The van der Waals surface area contributed by atoms with Crippen molar-refractivity contribution in [3.8, 4) is 0 Å². The SMILES string of the molecule is CCC(C)(CC)C(=O)O[C@H]1C[C@H](C(C)(C)C)C=C2C=CC[C@H]([C@](C)(C[C@H]3C[C@H](C(C)(C)C)C(O[SiH](C)C)C(=O)O3)O[SiH](C)C)[C@H]21. The first-order chi connectivity index (χ1) is 20.6. The largest absolute Gasteiger partial charge is 0.461 e. The summed E-state index contributed by atoms with van der Waals surface area (Å²) in [6.45, 7) is 30.5. The molecule has 1 heterocycles. The first-order valence-corrected chi connectivity index (χ1v) is 23.3. The van der Waals surface area contributed by atoms with E-state index in [9.17, 15) is 9.59 Å². The molecule has 1 aliphatic heterocycles. The number of allylic oxidation sites excluding steroid dienone is 3. The summed E-state index contributed by atoms with van der Waals surface area (Å²) in [5.41, 5.74) is 0.144. The lowest BCUT2D eigenvalue weighted by molar-refractivity contribution is -0.183. The molecule has 2 aliphatic carbocycles. The molecule has 3 aliphatic rings. The quantitative estimate of drug-likeness (QED) is 0.163. The lowest BCUT2D eigenvalue weighted by atomic mass is 9.61. The standard InChI is InChI=1S/C37H66O6Si2/c1-15-36(9,16-2)33(39)41-29-21-25(34(3,4)5)20-24-18-17-19-27(30(24)29)37(10,43-45(13)14)23-26-22-28(35(6,7)8)31(32(38)40-26)42-44(11)12/h17-18,20,25-31,44-45H,15-16,19,21-23H2,1-14H3/t25-,26-,27+,28+,29+,30+,31?,37+/m1/s1. The van der Waals surface area contributed by atoms with Crippen molar-refractivity contribution in [3.63, 3.8) is 0 Å². The van der Waals surface area contributed by atoms with Gasteiger partial charge in [0.1, 0.15) is 18.3 Å². The number of hydrogen-bond acceptors (Lipinski definition) is 6. The van der Waals surface area contributed by atoms with Crippen LogP contribution in [0.1, 0.15) is 108 Å². The zero-order valence-electron chi connectivity index (χ0n) is 31.1. The minimum atomic E-state index is -1.52. The maximum atomic E-state index is 13.8. The van der Waals surface area contributed by atoms with Crippen LogP contribution in [-0.4, -0.2) is 53.9 Å². The van der Waals surface area contributed by atoms with Crippen LogP contribution in [0.5, 0.6) is 0 Å². The van der Waals surface area contributed by atoms with Gasteiger partial charge in [-0.3, -0.25) is 4.79 Å². The van der Waals surface area contributed by atoms with E-state index in [0.29, 0.717) is 12.3 Å². The number of hydrogen-bond donors (Lipinski definition) is 0. The first-order valence-electron chi connectivity index (χ1n) is 17.8. The fourth-order valence-electron chi connectivity index (χ4n) is 7.86. The lowest BCUT2D eigenvalue weighted by Gasteiger charge is -2.52. The normalized spacial score (nSPS) is 30.9. The van der Waals surface area contributed by atoms with Gasteiger partial charge in [-0.25, -0.2) is 4.79 Å². The second-order valence-corrected chi connectivity index (χ2v) is 22.1. The molecule has 0 N–H and O–H groups in total. The third-order valence-corrected chi connectivity index (χ3v) is 12.9. The minimum absolute atomic E-state index is 0.0222. The zero-order chi connectivity index (χ0) is 34.1. The molecule has 1 fully saturated rings. The summed E-state index contributed by atoms with van der Waals surface area (Å²) in [5, 5.41) is 0. The number of carbonyl (C=O) groups excluding carboxylic acids is 2. The van der Waals surface area contributed by atoms with Gasteiger partial charge in [0, 0.05) is 24.2 Å². The molecule has 1 saturated heterocycles. The van der Waals surface area contributed by atoms with E-state index in [-0.39, 0.29) is 52.7 Å². The van der Waals surface area contributed by atoms with Crippen molar-refractivity contribution < 1.29 is 27.9 Å². The molecule has 0 spiro atoms. The van der Waals surface area contributed by atoms with E-state index in [0.717, 1.165) is 32.1 Å². The second kappa shape index (κ2) is 14.5. The fraction of sp³-hybridized carbons (Fsp3) is 0.838. The van der Waals surface area contributed by atoms with E-state index >= 15 is 0 Å². The number of fused-ring (bicyclic) bond motifs is 1. The van der Waals surface area contributed by atoms with Gasteiger partial charge in [-0.2, -0.15) is 0 Å². The monoisotopic (exact) mass is 662 g/mol. The third kappa shape index (κ3) is 9.02. The van der Waals surface area contributed by atoms with E-state index in [2.05, 4.69) is 107 Å². The molecule has 6 nitrogen and oxygen atoms in total. The van der Waals surface area contributed by atoms with Crippen LogP contribution in [0.25, 0.3) is 0 Å². The van der Waals surface area contributed by atoms with E-state index in [4.69, 9.17) is 18.3 Å². The molecule has 0 radical (unpaired) electrons. The summed E-state index contributed by atoms with van der Waals surface area (Å²) in [4.78, 5) is 27.3. The van der Waals surface area contributed by atoms with Gasteiger partial charge in [0.05, 0.1) is 11.0 Å². The van der Waals surface area contributed by atoms with E-state index in [1.165, 1.54) is 5.57 Å². The molecule has 0 bridgehead atoms. The predicted octanol–water partition coefficient (Wildman–Crippen LogP) is 8.40. The summed E-state index contributed by atoms with van der Waals surface area (Å²) in [6, 6.07) is 0. The number of ether oxygens (including phenoxy) is 2. The van der Waals surface area contributed by atoms with Crippen molar-refractivity contribution in [1.82, 2.24) is 0 Å². The van der Waals surface area contributed by atoms with Gasteiger partial charge in [0.15, 0.2) is 18.1 Å². The Hall–Kier alpha value is -1.23. The van der Waals surface area contributed by atoms with Gasteiger partial charge in [-0.05, 0) is 94.5 Å².